The van der Waals surface area contributed by atoms with E-state index in [1.165, 1.54) is 23.4 Å². The van der Waals surface area contributed by atoms with Crippen molar-refractivity contribution in [3.8, 4) is 5.75 Å². The van der Waals surface area contributed by atoms with Crippen LogP contribution in [0.3, 0.4) is 0 Å². The van der Waals surface area contributed by atoms with E-state index in [4.69, 9.17) is 5.73 Å². The van der Waals surface area contributed by atoms with Crippen molar-refractivity contribution in [2.45, 2.75) is 70.1 Å². The highest BCUT2D eigenvalue weighted by Crippen LogP contribution is 2.19. The quantitative estimate of drug-likeness (QED) is 0.204. The molecule has 3 rings (SSSR count). The van der Waals surface area contributed by atoms with Crippen LogP contribution in [-0.4, -0.2) is 74.3 Å². The standard InChI is InChI=1S/C26H37N7O5/c1-3-15(2)22(32-24(36)19(27)11-16-6-8-18(34)9-7-16)25(37)31-20(12-17-13-29-14-30-17)26(38)33-10-4-5-21(33)23(28)35/h6-9,13-15,19-22,34H,3-5,10-12,27H2,1-2H3,(H2,28,35)(H,29,30)(H,31,37)(H,32,36)/p+1/t15-,19-,20-,21-,22-/m0/s1. The number of quaternary nitrogens is 1. The molecule has 0 aliphatic carbocycles. The molecule has 0 bridgehead atoms. The molecule has 1 aliphatic heterocycles. The third kappa shape index (κ3) is 7.31. The Balaban J connectivity index is 1.75. The van der Waals surface area contributed by atoms with Crippen molar-refractivity contribution in [1.29, 1.82) is 0 Å². The number of benzene rings is 1. The Morgan fingerprint density at radius 2 is 1.89 bits per heavy atom. The summed E-state index contributed by atoms with van der Waals surface area (Å²) in [6.07, 6.45) is 5.22. The van der Waals surface area contributed by atoms with E-state index in [0.29, 0.717) is 37.9 Å². The highest BCUT2D eigenvalue weighted by atomic mass is 16.3. The number of phenolic OH excluding ortho intramolecular Hbond substituents is 1. The Morgan fingerprint density at radius 1 is 1.18 bits per heavy atom. The number of amides is 4. The molecule has 0 spiro atoms. The second-order valence-electron chi connectivity index (χ2n) is 9.87. The molecule has 1 aromatic carbocycles. The molecule has 1 saturated heterocycles. The average molecular weight is 529 g/mol. The number of aromatic nitrogens is 2. The van der Waals surface area contributed by atoms with Crippen LogP contribution in [0, 0.1) is 5.92 Å². The molecule has 12 nitrogen and oxygen atoms in total. The number of nitrogens with two attached hydrogens (primary N) is 1. The minimum Gasteiger partial charge on any atom is -0.508 e. The molecule has 206 valence electrons. The number of aromatic hydroxyl groups is 1. The minimum absolute atomic E-state index is 0.127. The van der Waals surface area contributed by atoms with E-state index in [2.05, 4.69) is 26.3 Å². The van der Waals surface area contributed by atoms with Gasteiger partial charge in [-0.3, -0.25) is 19.2 Å². The van der Waals surface area contributed by atoms with Crippen LogP contribution in [0.4, 0.5) is 0 Å². The van der Waals surface area contributed by atoms with Crippen LogP contribution < -0.4 is 22.1 Å². The zero-order valence-corrected chi connectivity index (χ0v) is 21.9. The number of primary amides is 1. The first-order valence-electron chi connectivity index (χ1n) is 12.9. The van der Waals surface area contributed by atoms with Crippen LogP contribution in [0.25, 0.3) is 0 Å². The number of hydrogen-bond acceptors (Lipinski definition) is 6. The first-order chi connectivity index (χ1) is 18.1. The van der Waals surface area contributed by atoms with E-state index in [0.717, 1.165) is 5.56 Å². The summed E-state index contributed by atoms with van der Waals surface area (Å²) in [7, 11) is 0. The van der Waals surface area contributed by atoms with Crippen LogP contribution in [-0.2, 0) is 32.0 Å². The second kappa shape index (κ2) is 13.0. The number of hydrogen-bond donors (Lipinski definition) is 6. The fraction of sp³-hybridized carbons (Fsp3) is 0.500. The summed E-state index contributed by atoms with van der Waals surface area (Å²) in [6, 6.07) is 3.21. The summed E-state index contributed by atoms with van der Waals surface area (Å²) < 4.78 is 0. The van der Waals surface area contributed by atoms with Gasteiger partial charge in [-0.15, -0.1) is 0 Å². The van der Waals surface area contributed by atoms with Crippen molar-refractivity contribution >= 4 is 23.6 Å². The molecular weight excluding hydrogens is 490 g/mol. The lowest BCUT2D eigenvalue weighted by atomic mass is 9.96. The maximum Gasteiger partial charge on any atom is 0.279 e. The van der Waals surface area contributed by atoms with E-state index >= 15 is 0 Å². The number of likely N-dealkylation sites (tertiary alicyclic amines) is 1. The van der Waals surface area contributed by atoms with E-state index in [1.54, 1.807) is 18.3 Å². The van der Waals surface area contributed by atoms with E-state index < -0.39 is 47.8 Å². The van der Waals surface area contributed by atoms with E-state index in [9.17, 15) is 24.3 Å². The Labute approximate surface area is 221 Å². The fourth-order valence-corrected chi connectivity index (χ4v) is 4.59. The molecule has 1 fully saturated rings. The largest absolute Gasteiger partial charge is 0.508 e. The molecule has 38 heavy (non-hydrogen) atoms. The summed E-state index contributed by atoms with van der Waals surface area (Å²) >= 11 is 0. The van der Waals surface area contributed by atoms with Gasteiger partial charge < -0.3 is 37.1 Å². The normalized spacial score (nSPS) is 18.3. The van der Waals surface area contributed by atoms with Crippen molar-refractivity contribution < 1.29 is 30.0 Å². The monoisotopic (exact) mass is 528 g/mol. The van der Waals surface area contributed by atoms with Crippen molar-refractivity contribution in [2.24, 2.45) is 11.7 Å². The van der Waals surface area contributed by atoms with Gasteiger partial charge in [0.05, 0.1) is 6.33 Å². The van der Waals surface area contributed by atoms with Gasteiger partial charge in [-0.25, -0.2) is 4.98 Å². The Hall–Kier alpha value is -3.93. The highest BCUT2D eigenvalue weighted by Gasteiger charge is 2.38. The van der Waals surface area contributed by atoms with Crippen molar-refractivity contribution in [3.05, 3.63) is 48.0 Å². The minimum atomic E-state index is -0.987. The summed E-state index contributed by atoms with van der Waals surface area (Å²) in [5.74, 6) is -2.00. The lowest BCUT2D eigenvalue weighted by Gasteiger charge is -2.30. The van der Waals surface area contributed by atoms with Crippen LogP contribution in [0.5, 0.6) is 5.75 Å². The smallest absolute Gasteiger partial charge is 0.279 e. The lowest BCUT2D eigenvalue weighted by molar-refractivity contribution is -0.403. The predicted octanol–water partition coefficient (Wildman–Crippen LogP) is -0.997. The Morgan fingerprint density at radius 3 is 2.50 bits per heavy atom. The number of rotatable bonds is 12. The van der Waals surface area contributed by atoms with Gasteiger partial charge >= 0.3 is 0 Å². The van der Waals surface area contributed by atoms with Gasteiger partial charge in [0.25, 0.3) is 5.91 Å². The number of carbonyl (C=O) groups is 4. The molecule has 9 N–H and O–H groups in total. The summed E-state index contributed by atoms with van der Waals surface area (Å²) in [4.78, 5) is 60.3. The van der Waals surface area contributed by atoms with Crippen molar-refractivity contribution in [1.82, 2.24) is 25.5 Å². The van der Waals surface area contributed by atoms with E-state index in [-0.39, 0.29) is 18.1 Å². The summed E-state index contributed by atoms with van der Waals surface area (Å²) in [5.41, 5.74) is 10.9. The maximum absolute atomic E-state index is 13.5. The fourth-order valence-electron chi connectivity index (χ4n) is 4.59. The molecule has 5 atom stereocenters. The van der Waals surface area contributed by atoms with E-state index in [1.807, 2.05) is 13.8 Å². The molecule has 0 unspecified atom stereocenters. The van der Waals surface area contributed by atoms with Gasteiger partial charge in [0.1, 0.15) is 23.9 Å². The number of carbonyl (C=O) groups excluding carboxylic acids is 4. The molecule has 0 saturated carbocycles. The highest BCUT2D eigenvalue weighted by molar-refractivity contribution is 5.95. The zero-order chi connectivity index (χ0) is 27.8. The number of nitrogens with zero attached hydrogens (tertiary/aromatic N) is 2. The van der Waals surface area contributed by atoms with Crippen LogP contribution in [0.2, 0.25) is 0 Å². The maximum atomic E-state index is 13.5. The third-order valence-electron chi connectivity index (χ3n) is 7.04. The third-order valence-corrected chi connectivity index (χ3v) is 7.04. The first kappa shape index (κ1) is 28.6. The summed E-state index contributed by atoms with van der Waals surface area (Å²) in [6.45, 7) is 4.12. The predicted molar refractivity (Wildman–Crippen MR) is 138 cm³/mol. The van der Waals surface area contributed by atoms with Gasteiger partial charge in [-0.2, -0.15) is 0 Å². The topological polar surface area (TPSA) is 198 Å². The molecule has 0 radical (unpaired) electrons. The first-order valence-corrected chi connectivity index (χ1v) is 12.9. The van der Waals surface area contributed by atoms with Crippen LogP contribution >= 0.6 is 0 Å². The molecule has 2 aromatic rings. The Bertz CT molecular complexity index is 1110. The SMILES string of the molecule is CC[C@H](C)[C@H](NC(=O)[C@@H]([NH3+])Cc1ccc(O)cc1)C(=O)N[C@@H](Cc1cnc[nH]1)C(=O)N1CCC[C@H]1C(N)=O. The summed E-state index contributed by atoms with van der Waals surface area (Å²) in [5, 5.41) is 15.1. The number of nitrogens with one attached hydrogen (secondary N) is 3. The number of phenols is 1. The van der Waals surface area contributed by atoms with Gasteiger partial charge in [-0.05, 0) is 36.5 Å². The second-order valence-corrected chi connectivity index (χ2v) is 9.87. The number of aromatic amines is 1. The lowest BCUT2D eigenvalue weighted by Crippen LogP contribution is -2.70. The molecule has 1 aromatic heterocycles. The van der Waals surface area contributed by atoms with Crippen LogP contribution in [0.1, 0.15) is 44.4 Å². The number of H-pyrrole nitrogens is 1. The van der Waals surface area contributed by atoms with Crippen LogP contribution in [0.15, 0.2) is 36.8 Å². The van der Waals surface area contributed by atoms with Gasteiger partial charge in [0.2, 0.25) is 17.7 Å². The molecule has 1 aliphatic rings. The van der Waals surface area contributed by atoms with Gasteiger partial charge in [0.15, 0.2) is 6.04 Å². The van der Waals surface area contributed by atoms with Gasteiger partial charge in [0, 0.05) is 31.3 Å². The van der Waals surface area contributed by atoms with Crippen molar-refractivity contribution in [3.63, 3.8) is 0 Å². The molecule has 4 amide bonds. The van der Waals surface area contributed by atoms with Crippen molar-refractivity contribution in [2.75, 3.05) is 6.54 Å². The van der Waals surface area contributed by atoms with Gasteiger partial charge in [-0.1, -0.05) is 32.4 Å². The number of imidazole rings is 1. The zero-order valence-electron chi connectivity index (χ0n) is 21.9. The Kier molecular flexibility index (Phi) is 9.83. The molecule has 12 heteroatoms. The molecule has 2 heterocycles. The molecular formula is C26H38N7O5+. The average Bonchev–Trinajstić information content (AvgIpc) is 3.59.